The fraction of sp³-hybridized carbons (Fsp3) is 0.458. The topological polar surface area (TPSA) is 113 Å². The molecule has 0 amide bonds. The molecule has 0 bridgehead atoms. The number of rotatable bonds is 6. The van der Waals surface area contributed by atoms with Crippen LogP contribution in [0.15, 0.2) is 29.2 Å². The molecule has 1 aliphatic heterocycles. The Labute approximate surface area is 210 Å². The quantitative estimate of drug-likeness (QED) is 0.384. The summed E-state index contributed by atoms with van der Waals surface area (Å²) in [7, 11) is 1.57. The number of aromatic nitrogens is 3. The molecule has 1 aromatic carbocycles. The van der Waals surface area contributed by atoms with Gasteiger partial charge in [0, 0.05) is 24.7 Å². The minimum absolute atomic E-state index is 0.122. The molecule has 3 heterocycles. The SMILES string of the molecule is Cn1c(=O)c2c(c3cc(Nc4nc(NCC(C)(C)O)ncc4Cl)ccc31)N[C@@H](C1CC1)C(F)(F)CO2. The van der Waals surface area contributed by atoms with Gasteiger partial charge in [0.25, 0.3) is 5.56 Å². The van der Waals surface area contributed by atoms with Gasteiger partial charge >= 0.3 is 5.92 Å². The number of halogens is 3. The Bertz CT molecular complexity index is 1390. The maximum Gasteiger partial charge on any atom is 0.301 e. The van der Waals surface area contributed by atoms with Crippen molar-refractivity contribution in [1.82, 2.24) is 14.5 Å². The van der Waals surface area contributed by atoms with Crippen LogP contribution in [0.4, 0.5) is 31.9 Å². The lowest BCUT2D eigenvalue weighted by molar-refractivity contribution is -0.0579. The van der Waals surface area contributed by atoms with Crippen LogP contribution in [-0.2, 0) is 7.05 Å². The first-order valence-corrected chi connectivity index (χ1v) is 12.0. The van der Waals surface area contributed by atoms with Gasteiger partial charge in [0.15, 0.2) is 12.4 Å². The van der Waals surface area contributed by atoms with E-state index in [0.29, 0.717) is 35.2 Å². The fourth-order valence-electron chi connectivity index (χ4n) is 4.26. The number of hydrogen-bond donors (Lipinski definition) is 4. The van der Waals surface area contributed by atoms with Crippen LogP contribution in [0, 0.1) is 5.92 Å². The molecule has 2 aromatic heterocycles. The normalized spacial score (nSPS) is 19.1. The van der Waals surface area contributed by atoms with Crippen molar-refractivity contribution in [3.8, 4) is 5.75 Å². The van der Waals surface area contributed by atoms with E-state index in [1.165, 1.54) is 10.8 Å². The van der Waals surface area contributed by atoms with E-state index >= 15 is 0 Å². The zero-order valence-corrected chi connectivity index (χ0v) is 20.8. The number of alkyl halides is 2. The molecule has 3 aromatic rings. The number of anilines is 4. The summed E-state index contributed by atoms with van der Waals surface area (Å²) in [6.45, 7) is 2.68. The summed E-state index contributed by atoms with van der Waals surface area (Å²) in [6.07, 6.45) is 2.83. The number of nitrogens with zero attached hydrogens (tertiary/aromatic N) is 3. The van der Waals surface area contributed by atoms with Crippen LogP contribution in [0.5, 0.6) is 5.75 Å². The summed E-state index contributed by atoms with van der Waals surface area (Å²) in [5.74, 6) is -2.83. The Balaban J connectivity index is 1.54. The maximum absolute atomic E-state index is 14.8. The van der Waals surface area contributed by atoms with Crippen molar-refractivity contribution in [3.05, 3.63) is 39.8 Å². The van der Waals surface area contributed by atoms with E-state index in [4.69, 9.17) is 16.3 Å². The van der Waals surface area contributed by atoms with Gasteiger partial charge in [-0.05, 0) is 50.8 Å². The molecule has 9 nitrogen and oxygen atoms in total. The molecule has 1 atom stereocenters. The molecular formula is C24H27ClF2N6O3. The molecule has 2 aliphatic rings. The third kappa shape index (κ3) is 4.77. The molecule has 1 aliphatic carbocycles. The van der Waals surface area contributed by atoms with Crippen molar-refractivity contribution in [3.63, 3.8) is 0 Å². The molecular weight excluding hydrogens is 494 g/mol. The predicted molar refractivity (Wildman–Crippen MR) is 135 cm³/mol. The molecule has 12 heteroatoms. The first-order valence-electron chi connectivity index (χ1n) is 11.6. The first-order chi connectivity index (χ1) is 16.9. The van der Waals surface area contributed by atoms with Crippen molar-refractivity contribution in [2.24, 2.45) is 13.0 Å². The smallest absolute Gasteiger partial charge is 0.301 e. The Morgan fingerprint density at radius 2 is 2.11 bits per heavy atom. The molecule has 0 unspecified atom stereocenters. The molecule has 0 saturated heterocycles. The van der Waals surface area contributed by atoms with Crippen molar-refractivity contribution in [2.45, 2.75) is 44.3 Å². The largest absolute Gasteiger partial charge is 0.480 e. The third-order valence-corrected chi connectivity index (χ3v) is 6.57. The number of ether oxygens (including phenoxy) is 1. The number of aryl methyl sites for hydroxylation is 1. The third-order valence-electron chi connectivity index (χ3n) is 6.30. The lowest BCUT2D eigenvalue weighted by Crippen LogP contribution is -2.44. The van der Waals surface area contributed by atoms with E-state index in [9.17, 15) is 18.7 Å². The average molecular weight is 521 g/mol. The van der Waals surface area contributed by atoms with Crippen molar-refractivity contribution in [1.29, 1.82) is 0 Å². The number of nitrogens with one attached hydrogen (secondary N) is 3. The molecule has 192 valence electrons. The van der Waals surface area contributed by atoms with Gasteiger partial charge in [0.1, 0.15) is 5.02 Å². The lowest BCUT2D eigenvalue weighted by atomic mass is 10.0. The summed E-state index contributed by atoms with van der Waals surface area (Å²) in [4.78, 5) is 21.5. The fourth-order valence-corrected chi connectivity index (χ4v) is 4.40. The Morgan fingerprint density at radius 1 is 1.36 bits per heavy atom. The van der Waals surface area contributed by atoms with Crippen LogP contribution < -0.4 is 26.2 Å². The summed E-state index contributed by atoms with van der Waals surface area (Å²) in [6, 6.07) is 4.07. The van der Waals surface area contributed by atoms with E-state index in [1.807, 2.05) is 0 Å². The summed E-state index contributed by atoms with van der Waals surface area (Å²) in [5, 5.41) is 19.8. The van der Waals surface area contributed by atoms with Gasteiger partial charge in [-0.2, -0.15) is 4.98 Å². The van der Waals surface area contributed by atoms with Crippen molar-refractivity contribution in [2.75, 3.05) is 29.1 Å². The van der Waals surface area contributed by atoms with E-state index in [0.717, 1.165) is 0 Å². The van der Waals surface area contributed by atoms with Crippen LogP contribution in [-0.4, -0.2) is 50.4 Å². The molecule has 4 N–H and O–H groups in total. The van der Waals surface area contributed by atoms with Crippen LogP contribution in [0.1, 0.15) is 26.7 Å². The number of benzene rings is 1. The number of fused-ring (bicyclic) bond motifs is 3. The predicted octanol–water partition coefficient (Wildman–Crippen LogP) is 4.13. The van der Waals surface area contributed by atoms with Gasteiger partial charge in [0.2, 0.25) is 11.7 Å². The minimum atomic E-state index is -3.12. The summed E-state index contributed by atoms with van der Waals surface area (Å²) >= 11 is 6.30. The average Bonchev–Trinajstić information content (AvgIpc) is 3.65. The number of aliphatic hydroxyl groups is 1. The highest BCUT2D eigenvalue weighted by atomic mass is 35.5. The summed E-state index contributed by atoms with van der Waals surface area (Å²) in [5.41, 5.74) is -0.0708. The highest BCUT2D eigenvalue weighted by molar-refractivity contribution is 6.32. The standard InChI is InChI=1S/C24H27ClF2N6O3/c1-23(2,35)10-29-22-28-9-15(25)20(32-22)30-13-6-7-16-14(8-13)17-18(21(34)33(16)3)36-11-24(26,27)19(31-17)12-4-5-12/h6-9,12,19,31,35H,4-5,10-11H2,1-3H3,(H2,28,29,30,32)/t19-/m0/s1. The lowest BCUT2D eigenvalue weighted by Gasteiger charge is -2.25. The van der Waals surface area contributed by atoms with Gasteiger partial charge in [-0.25, -0.2) is 13.8 Å². The van der Waals surface area contributed by atoms with Crippen LogP contribution >= 0.6 is 11.6 Å². The van der Waals surface area contributed by atoms with Gasteiger partial charge in [-0.3, -0.25) is 4.79 Å². The second-order valence-electron chi connectivity index (χ2n) is 9.99. The van der Waals surface area contributed by atoms with Crippen LogP contribution in [0.25, 0.3) is 10.9 Å². The first kappa shape index (κ1) is 24.5. The molecule has 1 saturated carbocycles. The van der Waals surface area contributed by atoms with E-state index in [-0.39, 0.29) is 34.9 Å². The maximum atomic E-state index is 14.8. The van der Waals surface area contributed by atoms with Crippen LogP contribution in [0.2, 0.25) is 5.02 Å². The Kier molecular flexibility index (Phi) is 5.95. The van der Waals surface area contributed by atoms with Gasteiger partial charge in [-0.1, -0.05) is 11.6 Å². The molecule has 36 heavy (non-hydrogen) atoms. The number of hydrogen-bond acceptors (Lipinski definition) is 8. The molecule has 5 rings (SSSR count). The van der Waals surface area contributed by atoms with Gasteiger partial charge < -0.3 is 30.4 Å². The Hall–Kier alpha value is -3.18. The zero-order chi connectivity index (χ0) is 25.8. The molecule has 0 spiro atoms. The van der Waals surface area contributed by atoms with Crippen molar-refractivity contribution >= 4 is 45.6 Å². The second-order valence-corrected chi connectivity index (χ2v) is 10.4. The molecule has 1 fully saturated rings. The van der Waals surface area contributed by atoms with Crippen LogP contribution in [0.3, 0.4) is 0 Å². The monoisotopic (exact) mass is 520 g/mol. The summed E-state index contributed by atoms with van der Waals surface area (Å²) < 4.78 is 36.5. The molecule has 0 radical (unpaired) electrons. The van der Waals surface area contributed by atoms with E-state index in [1.54, 1.807) is 39.1 Å². The highest BCUT2D eigenvalue weighted by Gasteiger charge is 2.51. The van der Waals surface area contributed by atoms with E-state index in [2.05, 4.69) is 25.9 Å². The second kappa shape index (κ2) is 8.74. The Morgan fingerprint density at radius 3 is 2.81 bits per heavy atom. The highest BCUT2D eigenvalue weighted by Crippen LogP contribution is 2.45. The zero-order valence-electron chi connectivity index (χ0n) is 20.0. The number of pyridine rings is 1. The van der Waals surface area contributed by atoms with Gasteiger partial charge in [-0.15, -0.1) is 0 Å². The van der Waals surface area contributed by atoms with Crippen molar-refractivity contribution < 1.29 is 18.6 Å². The van der Waals surface area contributed by atoms with Gasteiger partial charge in [0.05, 0.1) is 29.0 Å². The minimum Gasteiger partial charge on any atom is -0.480 e. The van der Waals surface area contributed by atoms with E-state index < -0.39 is 29.7 Å².